The van der Waals surface area contributed by atoms with Gasteiger partial charge in [0.1, 0.15) is 17.4 Å². The maximum Gasteiger partial charge on any atom is 0.314 e. The van der Waals surface area contributed by atoms with Crippen molar-refractivity contribution in [2.24, 2.45) is 0 Å². The van der Waals surface area contributed by atoms with Crippen LogP contribution in [-0.2, 0) is 4.79 Å². The Morgan fingerprint density at radius 3 is 2.70 bits per heavy atom. The van der Waals surface area contributed by atoms with Crippen molar-refractivity contribution in [1.29, 1.82) is 0 Å². The van der Waals surface area contributed by atoms with Crippen LogP contribution in [0.1, 0.15) is 19.8 Å². The van der Waals surface area contributed by atoms with Crippen LogP contribution in [0.2, 0.25) is 0 Å². The first-order valence-electron chi connectivity index (χ1n) is 6.59. The standard InChI is InChI=1S/C13H18N4O3/c1-9(13(18)16-7-2-3-8-16)15-11-6-4-5-10(14)12(11)17(19)20/h4-6,9,15H,2-3,7-8,14H2,1H3. The highest BCUT2D eigenvalue weighted by Gasteiger charge is 2.26. The minimum atomic E-state index is -0.537. The van der Waals surface area contributed by atoms with Crippen molar-refractivity contribution in [1.82, 2.24) is 4.90 Å². The van der Waals surface area contributed by atoms with Gasteiger partial charge in [-0.15, -0.1) is 0 Å². The second-order valence-electron chi connectivity index (χ2n) is 4.90. The van der Waals surface area contributed by atoms with Crippen LogP contribution < -0.4 is 11.1 Å². The molecule has 108 valence electrons. The van der Waals surface area contributed by atoms with Crippen molar-refractivity contribution in [2.75, 3.05) is 24.1 Å². The lowest BCUT2D eigenvalue weighted by molar-refractivity contribution is -0.383. The van der Waals surface area contributed by atoms with E-state index in [1.54, 1.807) is 24.0 Å². The summed E-state index contributed by atoms with van der Waals surface area (Å²) in [5.74, 6) is -0.0424. The molecule has 1 atom stereocenters. The van der Waals surface area contributed by atoms with E-state index in [1.807, 2.05) is 0 Å². The summed E-state index contributed by atoms with van der Waals surface area (Å²) in [5.41, 5.74) is 5.79. The molecule has 1 aliphatic rings. The molecule has 1 amide bonds. The first kappa shape index (κ1) is 14.1. The van der Waals surface area contributed by atoms with Gasteiger partial charge in [-0.1, -0.05) is 6.07 Å². The fraction of sp³-hybridized carbons (Fsp3) is 0.462. The minimum absolute atomic E-state index is 0.0424. The molecule has 1 aliphatic heterocycles. The molecule has 0 aromatic heterocycles. The number of likely N-dealkylation sites (tertiary alicyclic amines) is 1. The zero-order valence-electron chi connectivity index (χ0n) is 11.3. The third-order valence-corrected chi connectivity index (χ3v) is 3.41. The monoisotopic (exact) mass is 278 g/mol. The molecule has 0 spiro atoms. The lowest BCUT2D eigenvalue weighted by Gasteiger charge is -2.21. The third kappa shape index (κ3) is 2.81. The number of nitrogen functional groups attached to an aromatic ring is 1. The molecule has 0 bridgehead atoms. The molecule has 1 fully saturated rings. The number of benzene rings is 1. The fourth-order valence-corrected chi connectivity index (χ4v) is 2.39. The second-order valence-corrected chi connectivity index (χ2v) is 4.90. The van der Waals surface area contributed by atoms with Crippen LogP contribution in [0.5, 0.6) is 0 Å². The van der Waals surface area contributed by atoms with Crippen LogP contribution in [0, 0.1) is 10.1 Å². The van der Waals surface area contributed by atoms with Crippen LogP contribution in [-0.4, -0.2) is 34.9 Å². The lowest BCUT2D eigenvalue weighted by Crippen LogP contribution is -2.39. The summed E-state index contributed by atoms with van der Waals surface area (Å²) in [6, 6.07) is 4.13. The smallest absolute Gasteiger partial charge is 0.314 e. The molecule has 7 heteroatoms. The van der Waals surface area contributed by atoms with E-state index in [0.717, 1.165) is 25.9 Å². The molecule has 0 radical (unpaired) electrons. The van der Waals surface area contributed by atoms with Crippen LogP contribution in [0.4, 0.5) is 17.1 Å². The number of hydrogen-bond donors (Lipinski definition) is 2. The van der Waals surface area contributed by atoms with Crippen molar-refractivity contribution >= 4 is 23.0 Å². The summed E-state index contributed by atoms with van der Waals surface area (Å²) in [6.07, 6.45) is 2.02. The van der Waals surface area contributed by atoms with E-state index in [2.05, 4.69) is 5.32 Å². The van der Waals surface area contributed by atoms with Gasteiger partial charge in [0.15, 0.2) is 0 Å². The van der Waals surface area contributed by atoms with E-state index in [-0.39, 0.29) is 23.0 Å². The predicted molar refractivity (Wildman–Crippen MR) is 76.4 cm³/mol. The van der Waals surface area contributed by atoms with Crippen molar-refractivity contribution in [3.63, 3.8) is 0 Å². The van der Waals surface area contributed by atoms with Crippen molar-refractivity contribution in [3.8, 4) is 0 Å². The molecule has 2 rings (SSSR count). The normalized spacial score (nSPS) is 15.9. The average Bonchev–Trinajstić information content (AvgIpc) is 2.91. The van der Waals surface area contributed by atoms with Crippen molar-refractivity contribution in [2.45, 2.75) is 25.8 Å². The van der Waals surface area contributed by atoms with Gasteiger partial charge in [0.2, 0.25) is 5.91 Å². The molecule has 1 aromatic carbocycles. The highest BCUT2D eigenvalue weighted by molar-refractivity contribution is 5.86. The number of nitro groups is 1. The Bertz CT molecular complexity index is 526. The summed E-state index contributed by atoms with van der Waals surface area (Å²) < 4.78 is 0. The van der Waals surface area contributed by atoms with Crippen molar-refractivity contribution < 1.29 is 9.72 Å². The first-order valence-corrected chi connectivity index (χ1v) is 6.59. The van der Waals surface area contributed by atoms with E-state index in [1.165, 1.54) is 6.07 Å². The highest BCUT2D eigenvalue weighted by Crippen LogP contribution is 2.31. The number of carbonyl (C=O) groups excluding carboxylic acids is 1. The average molecular weight is 278 g/mol. The summed E-state index contributed by atoms with van der Waals surface area (Å²) in [6.45, 7) is 3.21. The molecule has 0 aliphatic carbocycles. The van der Waals surface area contributed by atoms with Gasteiger partial charge in [0.05, 0.1) is 4.92 Å². The number of nitrogens with two attached hydrogens (primary N) is 1. The van der Waals surface area contributed by atoms with E-state index >= 15 is 0 Å². The first-order chi connectivity index (χ1) is 9.50. The number of hydrogen-bond acceptors (Lipinski definition) is 5. The minimum Gasteiger partial charge on any atom is -0.393 e. The number of rotatable bonds is 4. The SMILES string of the molecule is CC(Nc1cccc(N)c1[N+](=O)[O-])C(=O)N1CCCC1. The Kier molecular flexibility index (Phi) is 4.07. The maximum atomic E-state index is 12.2. The molecule has 0 saturated carbocycles. The van der Waals surface area contributed by atoms with Crippen LogP contribution in [0.3, 0.4) is 0 Å². The van der Waals surface area contributed by atoms with Gasteiger partial charge in [-0.25, -0.2) is 0 Å². The van der Waals surface area contributed by atoms with Gasteiger partial charge in [-0.2, -0.15) is 0 Å². The number of carbonyl (C=O) groups is 1. The Hall–Kier alpha value is -2.31. The molecule has 1 unspecified atom stereocenters. The van der Waals surface area contributed by atoms with E-state index in [4.69, 9.17) is 5.73 Å². The van der Waals surface area contributed by atoms with Gasteiger partial charge >= 0.3 is 5.69 Å². The van der Waals surface area contributed by atoms with Gasteiger partial charge in [0.25, 0.3) is 0 Å². The number of nitro benzene ring substituents is 1. The van der Waals surface area contributed by atoms with Gasteiger partial charge < -0.3 is 16.0 Å². The maximum absolute atomic E-state index is 12.2. The Labute approximate surface area is 116 Å². The van der Waals surface area contributed by atoms with Crippen LogP contribution in [0.25, 0.3) is 0 Å². The molecular weight excluding hydrogens is 260 g/mol. The number of nitrogens with one attached hydrogen (secondary N) is 1. The number of anilines is 2. The quantitative estimate of drug-likeness (QED) is 0.495. The third-order valence-electron chi connectivity index (χ3n) is 3.41. The van der Waals surface area contributed by atoms with Gasteiger partial charge in [-0.05, 0) is 31.9 Å². The predicted octanol–water partition coefficient (Wildman–Crippen LogP) is 1.60. The van der Waals surface area contributed by atoms with Gasteiger partial charge in [0, 0.05) is 13.1 Å². The van der Waals surface area contributed by atoms with E-state index in [9.17, 15) is 14.9 Å². The Morgan fingerprint density at radius 2 is 2.10 bits per heavy atom. The summed E-state index contributed by atoms with van der Waals surface area (Å²) >= 11 is 0. The molecule has 1 heterocycles. The molecular formula is C13H18N4O3. The van der Waals surface area contributed by atoms with Crippen LogP contribution in [0.15, 0.2) is 18.2 Å². The summed E-state index contributed by atoms with van der Waals surface area (Å²) in [4.78, 5) is 24.5. The fourth-order valence-electron chi connectivity index (χ4n) is 2.39. The van der Waals surface area contributed by atoms with E-state index < -0.39 is 11.0 Å². The zero-order valence-corrected chi connectivity index (χ0v) is 11.3. The highest BCUT2D eigenvalue weighted by atomic mass is 16.6. The molecule has 7 nitrogen and oxygen atoms in total. The lowest BCUT2D eigenvalue weighted by atomic mass is 10.2. The zero-order chi connectivity index (χ0) is 14.7. The molecule has 3 N–H and O–H groups in total. The number of nitrogens with zero attached hydrogens (tertiary/aromatic N) is 2. The Balaban J connectivity index is 2.15. The summed E-state index contributed by atoms with van der Waals surface area (Å²) in [7, 11) is 0. The molecule has 20 heavy (non-hydrogen) atoms. The molecule has 1 aromatic rings. The topological polar surface area (TPSA) is 101 Å². The second kappa shape index (κ2) is 5.77. The van der Waals surface area contributed by atoms with E-state index in [0.29, 0.717) is 0 Å². The van der Waals surface area contributed by atoms with Crippen molar-refractivity contribution in [3.05, 3.63) is 28.3 Å². The van der Waals surface area contributed by atoms with Gasteiger partial charge in [-0.3, -0.25) is 14.9 Å². The number of amides is 1. The molecule has 1 saturated heterocycles. The Morgan fingerprint density at radius 1 is 1.45 bits per heavy atom. The van der Waals surface area contributed by atoms with Crippen LogP contribution >= 0.6 is 0 Å². The number of para-hydroxylation sites is 1. The largest absolute Gasteiger partial charge is 0.393 e. The summed E-state index contributed by atoms with van der Waals surface area (Å²) in [5, 5.41) is 13.9.